The fraction of sp³-hybridized carbons (Fsp3) is 0.538. The van der Waals surface area contributed by atoms with Crippen molar-refractivity contribution in [1.29, 1.82) is 0 Å². The molecule has 0 aliphatic carbocycles. The quantitative estimate of drug-likeness (QED) is 0.665. The topological polar surface area (TPSA) is 75.2 Å². The highest BCUT2D eigenvalue weighted by molar-refractivity contribution is 5.97. The van der Waals surface area contributed by atoms with Gasteiger partial charge in [0.15, 0.2) is 0 Å². The second-order valence-electron chi connectivity index (χ2n) is 5.25. The van der Waals surface area contributed by atoms with E-state index in [0.717, 1.165) is 24.9 Å². The maximum absolute atomic E-state index is 12.5. The smallest absolute Gasteiger partial charge is 0.276 e. The second kappa shape index (κ2) is 4.09. The minimum atomic E-state index is -0.598. The number of hydrogen-bond donors (Lipinski definition) is 3. The van der Waals surface area contributed by atoms with E-state index in [2.05, 4.69) is 16.0 Å². The molecule has 6 nitrogen and oxygen atoms in total. The average Bonchev–Trinajstić information content (AvgIpc) is 2.68. The Morgan fingerprint density at radius 2 is 2.21 bits per heavy atom. The highest BCUT2D eigenvalue weighted by Crippen LogP contribution is 2.30. The summed E-state index contributed by atoms with van der Waals surface area (Å²) in [7, 11) is 1.72. The molecule has 1 spiro atoms. The summed E-state index contributed by atoms with van der Waals surface area (Å²) in [6.07, 6.45) is 1.72. The molecule has 102 valence electrons. The summed E-state index contributed by atoms with van der Waals surface area (Å²) in [5.41, 5.74) is 1.11. The Hall–Kier alpha value is -1.82. The van der Waals surface area contributed by atoms with Crippen LogP contribution >= 0.6 is 0 Å². The van der Waals surface area contributed by atoms with Gasteiger partial charge in [-0.2, -0.15) is 0 Å². The third kappa shape index (κ3) is 1.59. The van der Waals surface area contributed by atoms with Crippen molar-refractivity contribution in [3.63, 3.8) is 0 Å². The molecule has 1 amide bonds. The van der Waals surface area contributed by atoms with Gasteiger partial charge in [0.1, 0.15) is 17.0 Å². The lowest BCUT2D eigenvalue weighted by Gasteiger charge is -2.35. The van der Waals surface area contributed by atoms with E-state index in [1.807, 2.05) is 6.92 Å². The van der Waals surface area contributed by atoms with Crippen LogP contribution in [-0.4, -0.2) is 30.6 Å². The molecule has 0 unspecified atom stereocenters. The molecule has 0 aromatic carbocycles. The number of hydrogen-bond acceptors (Lipinski definition) is 4. The fourth-order valence-electron chi connectivity index (χ4n) is 3.13. The lowest BCUT2D eigenvalue weighted by atomic mass is 10.00. The maximum Gasteiger partial charge on any atom is 0.276 e. The molecule has 1 aromatic rings. The number of anilines is 1. The monoisotopic (exact) mass is 262 g/mol. The van der Waals surface area contributed by atoms with Crippen LogP contribution in [0.2, 0.25) is 0 Å². The molecule has 0 saturated carbocycles. The summed E-state index contributed by atoms with van der Waals surface area (Å²) in [4.78, 5) is 24.7. The van der Waals surface area contributed by atoms with Gasteiger partial charge in [-0.25, -0.2) is 0 Å². The van der Waals surface area contributed by atoms with Crippen LogP contribution < -0.4 is 21.5 Å². The lowest BCUT2D eigenvalue weighted by molar-refractivity contribution is 0.0892. The van der Waals surface area contributed by atoms with E-state index in [4.69, 9.17) is 0 Å². The van der Waals surface area contributed by atoms with Crippen molar-refractivity contribution in [2.45, 2.75) is 25.4 Å². The molecule has 3 heterocycles. The Morgan fingerprint density at radius 3 is 2.84 bits per heavy atom. The molecule has 3 rings (SSSR count). The summed E-state index contributed by atoms with van der Waals surface area (Å²) < 4.78 is 1.64. The van der Waals surface area contributed by atoms with Crippen molar-refractivity contribution >= 4 is 11.6 Å². The Morgan fingerprint density at radius 1 is 1.42 bits per heavy atom. The first-order chi connectivity index (χ1) is 9.09. The van der Waals surface area contributed by atoms with E-state index >= 15 is 0 Å². The molecule has 2 aliphatic rings. The van der Waals surface area contributed by atoms with Gasteiger partial charge in [-0.3, -0.25) is 14.2 Å². The van der Waals surface area contributed by atoms with Gasteiger partial charge in [0.25, 0.3) is 11.5 Å². The SMILES string of the molecule is CNc1cc(C)c2n(c1=O)[C@]1(CCCNC1)NC2=O. The number of aromatic nitrogens is 1. The standard InChI is InChI=1S/C13H18N4O2/c1-8-6-9(14-2)12(19)17-10(8)11(18)16-13(17)4-3-5-15-7-13/h6,14-15H,3-5,7H2,1-2H3,(H,16,18)/t13-/m0/s1. The minimum absolute atomic E-state index is 0.134. The molecular weight excluding hydrogens is 244 g/mol. The number of pyridine rings is 1. The van der Waals surface area contributed by atoms with Gasteiger partial charge in [-0.1, -0.05) is 0 Å². The third-order valence-electron chi connectivity index (χ3n) is 4.01. The van der Waals surface area contributed by atoms with Gasteiger partial charge in [0.2, 0.25) is 0 Å². The molecule has 0 radical (unpaired) electrons. The van der Waals surface area contributed by atoms with Gasteiger partial charge in [-0.15, -0.1) is 0 Å². The Bertz CT molecular complexity index is 599. The van der Waals surface area contributed by atoms with E-state index in [9.17, 15) is 9.59 Å². The van der Waals surface area contributed by atoms with Crippen molar-refractivity contribution in [3.05, 3.63) is 27.7 Å². The van der Waals surface area contributed by atoms with E-state index in [1.54, 1.807) is 17.7 Å². The zero-order chi connectivity index (χ0) is 13.6. The largest absolute Gasteiger partial charge is 0.384 e. The second-order valence-corrected chi connectivity index (χ2v) is 5.25. The summed E-state index contributed by atoms with van der Waals surface area (Å²) in [6.45, 7) is 3.38. The number of rotatable bonds is 1. The number of fused-ring (bicyclic) bond motifs is 2. The van der Waals surface area contributed by atoms with Crippen molar-refractivity contribution in [1.82, 2.24) is 15.2 Å². The molecule has 1 atom stereocenters. The summed E-state index contributed by atoms with van der Waals surface area (Å²) in [6, 6.07) is 1.74. The first-order valence-electron chi connectivity index (χ1n) is 6.57. The zero-order valence-electron chi connectivity index (χ0n) is 11.2. The molecule has 1 aromatic heterocycles. The first-order valence-corrected chi connectivity index (χ1v) is 6.57. The van der Waals surface area contributed by atoms with E-state index in [0.29, 0.717) is 17.9 Å². The van der Waals surface area contributed by atoms with Crippen LogP contribution in [0.15, 0.2) is 10.9 Å². The van der Waals surface area contributed by atoms with Crippen LogP contribution in [0.25, 0.3) is 0 Å². The van der Waals surface area contributed by atoms with Crippen LogP contribution in [0.3, 0.4) is 0 Å². The third-order valence-corrected chi connectivity index (χ3v) is 4.01. The van der Waals surface area contributed by atoms with Gasteiger partial charge in [0, 0.05) is 13.6 Å². The summed E-state index contributed by atoms with van der Waals surface area (Å²) in [5, 5.41) is 9.18. The molecule has 3 N–H and O–H groups in total. The predicted octanol–water partition coefficient (Wildman–Crippen LogP) is -0.0220. The minimum Gasteiger partial charge on any atom is -0.384 e. The lowest BCUT2D eigenvalue weighted by Crippen LogP contribution is -2.56. The van der Waals surface area contributed by atoms with Crippen molar-refractivity contribution in [2.75, 3.05) is 25.5 Å². The van der Waals surface area contributed by atoms with Crippen molar-refractivity contribution in [2.24, 2.45) is 0 Å². The number of amides is 1. The van der Waals surface area contributed by atoms with Crippen molar-refractivity contribution in [3.8, 4) is 0 Å². The first kappa shape index (κ1) is 12.2. The zero-order valence-corrected chi connectivity index (χ0v) is 11.2. The van der Waals surface area contributed by atoms with Gasteiger partial charge in [-0.05, 0) is 37.9 Å². The average molecular weight is 262 g/mol. The molecule has 6 heteroatoms. The normalized spacial score (nSPS) is 25.3. The number of carbonyl (C=O) groups is 1. The van der Waals surface area contributed by atoms with Crippen LogP contribution in [0.1, 0.15) is 28.9 Å². The van der Waals surface area contributed by atoms with Gasteiger partial charge < -0.3 is 16.0 Å². The summed E-state index contributed by atoms with van der Waals surface area (Å²) >= 11 is 0. The number of piperidine rings is 1. The highest BCUT2D eigenvalue weighted by atomic mass is 16.2. The van der Waals surface area contributed by atoms with Crippen LogP contribution in [0.5, 0.6) is 0 Å². The van der Waals surface area contributed by atoms with E-state index < -0.39 is 5.66 Å². The number of nitrogens with one attached hydrogen (secondary N) is 3. The van der Waals surface area contributed by atoms with E-state index in [-0.39, 0.29) is 11.5 Å². The number of nitrogens with zero attached hydrogens (tertiary/aromatic N) is 1. The molecule has 1 saturated heterocycles. The fourth-order valence-corrected chi connectivity index (χ4v) is 3.13. The number of aryl methyl sites for hydroxylation is 1. The molecule has 2 aliphatic heterocycles. The van der Waals surface area contributed by atoms with Crippen LogP contribution in [-0.2, 0) is 5.66 Å². The molecule has 0 bridgehead atoms. The Labute approximate surface area is 111 Å². The van der Waals surface area contributed by atoms with Crippen LogP contribution in [0.4, 0.5) is 5.69 Å². The van der Waals surface area contributed by atoms with Gasteiger partial charge >= 0.3 is 0 Å². The molecule has 1 fully saturated rings. The summed E-state index contributed by atoms with van der Waals surface area (Å²) in [5.74, 6) is -0.152. The van der Waals surface area contributed by atoms with Crippen molar-refractivity contribution < 1.29 is 4.79 Å². The Kier molecular flexibility index (Phi) is 2.63. The van der Waals surface area contributed by atoms with Crippen LogP contribution in [0, 0.1) is 6.92 Å². The van der Waals surface area contributed by atoms with E-state index in [1.165, 1.54) is 0 Å². The molecule has 19 heavy (non-hydrogen) atoms. The Balaban J connectivity index is 2.27. The predicted molar refractivity (Wildman–Crippen MR) is 72.5 cm³/mol. The highest BCUT2D eigenvalue weighted by Gasteiger charge is 2.45. The number of carbonyl (C=O) groups excluding carboxylic acids is 1. The van der Waals surface area contributed by atoms with Gasteiger partial charge in [0.05, 0.1) is 0 Å². The molecular formula is C13H18N4O2. The maximum atomic E-state index is 12.5.